The molecule has 3 atom stereocenters. The highest BCUT2D eigenvalue weighted by Gasteiger charge is 2.27. The Morgan fingerprint density at radius 3 is 1.37 bits per heavy atom. The van der Waals surface area contributed by atoms with Crippen molar-refractivity contribution < 1.29 is 32.9 Å². The largest absolute Gasteiger partial charge is 0.472 e. The van der Waals surface area contributed by atoms with Crippen LogP contribution in [0.1, 0.15) is 200 Å². The molecule has 3 unspecified atom stereocenters. The minimum absolute atomic E-state index is 0.0441. The first-order valence-electron chi connectivity index (χ1n) is 26.8. The first kappa shape index (κ1) is 64.2. The molecule has 9 heteroatoms. The first-order valence-corrected chi connectivity index (χ1v) is 28.3. The number of rotatable bonds is 47. The van der Waals surface area contributed by atoms with Crippen LogP contribution >= 0.6 is 7.82 Å². The number of phosphoric ester groups is 1. The lowest BCUT2D eigenvalue weighted by Gasteiger charge is -2.25. The maximum absolute atomic E-state index is 13.0. The zero-order valence-corrected chi connectivity index (χ0v) is 44.5. The molecular formula is C58H102N2O6P+. The van der Waals surface area contributed by atoms with Crippen LogP contribution in [0.2, 0.25) is 0 Å². The van der Waals surface area contributed by atoms with Gasteiger partial charge in [-0.1, -0.05) is 207 Å². The highest BCUT2D eigenvalue weighted by Crippen LogP contribution is 2.43. The van der Waals surface area contributed by atoms with E-state index in [1.807, 2.05) is 27.2 Å². The van der Waals surface area contributed by atoms with Crippen molar-refractivity contribution >= 4 is 13.7 Å². The van der Waals surface area contributed by atoms with Gasteiger partial charge in [-0.2, -0.15) is 0 Å². The molecule has 8 nitrogen and oxygen atoms in total. The number of hydrogen-bond donors (Lipinski definition) is 3. The molecular weight excluding hydrogens is 852 g/mol. The molecule has 3 N–H and O–H groups in total. The number of carbonyl (C=O) groups is 1. The van der Waals surface area contributed by atoms with Crippen molar-refractivity contribution in [1.29, 1.82) is 0 Å². The van der Waals surface area contributed by atoms with E-state index in [1.54, 1.807) is 6.08 Å². The van der Waals surface area contributed by atoms with Gasteiger partial charge in [0.05, 0.1) is 39.9 Å². The summed E-state index contributed by atoms with van der Waals surface area (Å²) < 4.78 is 23.6. The van der Waals surface area contributed by atoms with Crippen molar-refractivity contribution in [1.82, 2.24) is 5.32 Å². The summed E-state index contributed by atoms with van der Waals surface area (Å²) in [6, 6.07) is -0.886. The van der Waals surface area contributed by atoms with E-state index < -0.39 is 20.0 Å². The minimum atomic E-state index is -4.37. The molecule has 0 aliphatic rings. The van der Waals surface area contributed by atoms with Crippen LogP contribution in [0, 0.1) is 0 Å². The van der Waals surface area contributed by atoms with Gasteiger partial charge in [-0.15, -0.1) is 0 Å². The number of allylic oxidation sites excluding steroid dienone is 17. The normalized spacial score (nSPS) is 14.9. The summed E-state index contributed by atoms with van der Waals surface area (Å²) in [7, 11) is 1.52. The number of nitrogens with one attached hydrogen (secondary N) is 1. The molecule has 0 aliphatic carbocycles. The van der Waals surface area contributed by atoms with Crippen LogP contribution in [-0.4, -0.2) is 73.4 Å². The van der Waals surface area contributed by atoms with Crippen LogP contribution in [0.4, 0.5) is 0 Å². The molecule has 0 aromatic rings. The van der Waals surface area contributed by atoms with Crippen LogP contribution in [0.3, 0.4) is 0 Å². The third-order valence-electron chi connectivity index (χ3n) is 11.2. The van der Waals surface area contributed by atoms with Gasteiger partial charge in [0.1, 0.15) is 13.2 Å². The number of hydrogen-bond acceptors (Lipinski definition) is 5. The van der Waals surface area contributed by atoms with E-state index >= 15 is 0 Å². The number of quaternary nitrogens is 1. The Morgan fingerprint density at radius 1 is 0.522 bits per heavy atom. The number of amides is 1. The van der Waals surface area contributed by atoms with Gasteiger partial charge in [-0.3, -0.25) is 13.8 Å². The fraction of sp³-hybridized carbons (Fsp3) is 0.672. The Labute approximate surface area is 412 Å². The predicted octanol–water partition coefficient (Wildman–Crippen LogP) is 16.0. The third-order valence-corrected chi connectivity index (χ3v) is 12.2. The lowest BCUT2D eigenvalue weighted by molar-refractivity contribution is -0.870. The summed E-state index contributed by atoms with van der Waals surface area (Å²) in [5.41, 5.74) is 0. The Kier molecular flexibility index (Phi) is 46.2. The Hall–Kier alpha value is -2.84. The first-order chi connectivity index (χ1) is 32.5. The van der Waals surface area contributed by atoms with Gasteiger partial charge in [-0.05, 0) is 96.3 Å². The van der Waals surface area contributed by atoms with Gasteiger partial charge in [-0.25, -0.2) is 4.57 Å². The zero-order chi connectivity index (χ0) is 49.2. The smallest absolute Gasteiger partial charge is 0.387 e. The molecule has 384 valence electrons. The molecule has 0 radical (unpaired) electrons. The van der Waals surface area contributed by atoms with E-state index in [9.17, 15) is 19.4 Å². The number of nitrogens with zero attached hydrogens (tertiary/aromatic N) is 1. The van der Waals surface area contributed by atoms with Gasteiger partial charge >= 0.3 is 7.82 Å². The molecule has 0 spiro atoms. The van der Waals surface area contributed by atoms with Gasteiger partial charge in [0.25, 0.3) is 0 Å². The number of aliphatic hydroxyl groups excluding tert-OH is 1. The summed E-state index contributed by atoms with van der Waals surface area (Å²) in [4.78, 5) is 23.3. The SMILES string of the molecule is CC/C=C\C/C=C\C/C=C\C/C=C\C/C=C\C/C=C\CCCCCCCCC(=O)NC(COP(=O)(O)OCC[N+](C)(C)C)C(O)/C=C/CC/C=C/CC/C=C/CCCCCCCCCCCC. The van der Waals surface area contributed by atoms with Crippen LogP contribution in [0.25, 0.3) is 0 Å². The highest BCUT2D eigenvalue weighted by atomic mass is 31.2. The average Bonchev–Trinajstić information content (AvgIpc) is 3.29. The summed E-state index contributed by atoms with van der Waals surface area (Å²) in [6.45, 7) is 4.65. The molecule has 0 bridgehead atoms. The van der Waals surface area contributed by atoms with Crippen LogP contribution in [-0.2, 0) is 18.4 Å². The third kappa shape index (κ3) is 50.9. The Morgan fingerprint density at radius 2 is 0.910 bits per heavy atom. The number of carbonyl (C=O) groups excluding carboxylic acids is 1. The highest BCUT2D eigenvalue weighted by molar-refractivity contribution is 7.47. The molecule has 0 aliphatic heterocycles. The minimum Gasteiger partial charge on any atom is -0.387 e. The number of aliphatic hydroxyl groups is 1. The number of unbranched alkanes of at least 4 members (excludes halogenated alkanes) is 18. The number of likely N-dealkylation sites (N-methyl/N-ethyl adjacent to an activating group) is 1. The monoisotopic (exact) mass is 954 g/mol. The quantitative estimate of drug-likeness (QED) is 0.0243. The topological polar surface area (TPSA) is 105 Å². The Balaban J connectivity index is 4.42. The van der Waals surface area contributed by atoms with E-state index in [-0.39, 0.29) is 19.1 Å². The predicted molar refractivity (Wildman–Crippen MR) is 290 cm³/mol. The fourth-order valence-electron chi connectivity index (χ4n) is 7.02. The second kappa shape index (κ2) is 48.2. The van der Waals surface area contributed by atoms with Gasteiger partial charge in [0.15, 0.2) is 0 Å². The molecule has 1 amide bonds. The molecule has 0 saturated carbocycles. The summed E-state index contributed by atoms with van der Waals surface area (Å²) in [5, 5.41) is 13.9. The average molecular weight is 954 g/mol. The maximum atomic E-state index is 13.0. The van der Waals surface area contributed by atoms with E-state index in [2.05, 4.69) is 116 Å². The standard InChI is InChI=1S/C58H101N2O6P/c1-6-8-10-12-14-16-18-20-22-24-26-28-29-30-31-32-34-36-38-40-42-44-46-48-50-52-58(62)59-56(55-66-67(63,64)65-54-53-60(3,4)5)57(61)51-49-47-45-43-41-39-37-35-33-27-25-23-21-19-17-15-13-11-9-7-2/h8,10,14,16,20,22,26,28,30-31,33-36,41,43,49,51,56-57,61H,6-7,9,11-13,15,17-19,21,23-25,27,29,32,37-40,42,44-48,50,52-55H2,1-5H3,(H-,59,62,63,64)/p+1/b10-8-,16-14-,22-20-,28-26-,31-30-,35-33+,36-34-,43-41+,51-49+. The van der Waals surface area contributed by atoms with E-state index in [0.29, 0.717) is 17.4 Å². The van der Waals surface area contributed by atoms with Crippen molar-refractivity contribution in [3.8, 4) is 0 Å². The fourth-order valence-corrected chi connectivity index (χ4v) is 7.75. The van der Waals surface area contributed by atoms with Crippen molar-refractivity contribution in [2.24, 2.45) is 0 Å². The van der Waals surface area contributed by atoms with E-state index in [0.717, 1.165) is 103 Å². The summed E-state index contributed by atoms with van der Waals surface area (Å²) >= 11 is 0. The van der Waals surface area contributed by atoms with Crippen molar-refractivity contribution in [3.63, 3.8) is 0 Å². The molecule has 67 heavy (non-hydrogen) atoms. The van der Waals surface area contributed by atoms with Crippen LogP contribution < -0.4 is 5.32 Å². The lowest BCUT2D eigenvalue weighted by Crippen LogP contribution is -2.45. The number of phosphoric acid groups is 1. The molecule has 0 fully saturated rings. The second-order valence-electron chi connectivity index (χ2n) is 18.8. The maximum Gasteiger partial charge on any atom is 0.472 e. The van der Waals surface area contributed by atoms with Gasteiger partial charge in [0, 0.05) is 6.42 Å². The van der Waals surface area contributed by atoms with Crippen LogP contribution in [0.5, 0.6) is 0 Å². The Bertz CT molecular complexity index is 1450. The summed E-state index contributed by atoms with van der Waals surface area (Å²) in [6.07, 6.45) is 70.3. The lowest BCUT2D eigenvalue weighted by atomic mass is 10.1. The second-order valence-corrected chi connectivity index (χ2v) is 20.3. The van der Waals surface area contributed by atoms with E-state index in [4.69, 9.17) is 9.05 Å². The molecule has 0 heterocycles. The summed E-state index contributed by atoms with van der Waals surface area (Å²) in [5.74, 6) is -0.210. The van der Waals surface area contributed by atoms with Gasteiger partial charge in [0.2, 0.25) is 5.91 Å². The molecule has 0 rings (SSSR count). The zero-order valence-electron chi connectivity index (χ0n) is 43.6. The van der Waals surface area contributed by atoms with Gasteiger partial charge < -0.3 is 19.8 Å². The van der Waals surface area contributed by atoms with Crippen molar-refractivity contribution in [3.05, 3.63) is 109 Å². The van der Waals surface area contributed by atoms with Crippen molar-refractivity contribution in [2.45, 2.75) is 212 Å². The van der Waals surface area contributed by atoms with Crippen molar-refractivity contribution in [2.75, 3.05) is 40.9 Å². The van der Waals surface area contributed by atoms with E-state index in [1.165, 1.54) is 77.0 Å². The van der Waals surface area contributed by atoms with Crippen LogP contribution in [0.15, 0.2) is 109 Å². The molecule has 0 aromatic heterocycles. The molecule has 0 saturated heterocycles. The molecule has 0 aromatic carbocycles.